The van der Waals surface area contributed by atoms with Crippen molar-refractivity contribution < 1.29 is 13.2 Å². The maximum Gasteiger partial charge on any atom is 0.255 e. The van der Waals surface area contributed by atoms with E-state index in [0.717, 1.165) is 29.7 Å². The normalized spacial score (nSPS) is 11.3. The zero-order valence-electron chi connectivity index (χ0n) is 14.8. The summed E-state index contributed by atoms with van der Waals surface area (Å²) in [6.07, 6.45) is 1.67. The number of carbonyl (C=O) groups is 1. The highest BCUT2D eigenvalue weighted by Crippen LogP contribution is 2.19. The van der Waals surface area contributed by atoms with E-state index in [4.69, 9.17) is 0 Å². The summed E-state index contributed by atoms with van der Waals surface area (Å²) >= 11 is 0. The number of nitrogens with one attached hydrogen (secondary N) is 2. The Bertz CT molecular complexity index is 861. The maximum absolute atomic E-state index is 12.5. The Labute approximate surface area is 149 Å². The van der Waals surface area contributed by atoms with Crippen LogP contribution in [-0.4, -0.2) is 20.9 Å². The third-order valence-corrected chi connectivity index (χ3v) is 5.54. The summed E-state index contributed by atoms with van der Waals surface area (Å²) in [7, 11) is -3.61. The largest absolute Gasteiger partial charge is 0.322 e. The predicted molar refractivity (Wildman–Crippen MR) is 100 cm³/mol. The molecule has 0 bridgehead atoms. The van der Waals surface area contributed by atoms with Crippen LogP contribution in [-0.2, 0) is 10.0 Å². The molecule has 0 unspecified atom stereocenters. The fourth-order valence-corrected chi connectivity index (χ4v) is 3.47. The average Bonchev–Trinajstić information content (AvgIpc) is 2.59. The van der Waals surface area contributed by atoms with Crippen LogP contribution in [0.2, 0.25) is 0 Å². The van der Waals surface area contributed by atoms with Gasteiger partial charge in [-0.3, -0.25) is 4.79 Å². The van der Waals surface area contributed by atoms with Crippen LogP contribution in [0.4, 0.5) is 5.69 Å². The third kappa shape index (κ3) is 4.90. The second-order valence-electron chi connectivity index (χ2n) is 5.98. The van der Waals surface area contributed by atoms with Crippen LogP contribution in [0, 0.1) is 13.8 Å². The van der Waals surface area contributed by atoms with Gasteiger partial charge in [-0.05, 0) is 55.7 Å². The second kappa shape index (κ2) is 8.27. The van der Waals surface area contributed by atoms with Gasteiger partial charge >= 0.3 is 0 Å². The van der Waals surface area contributed by atoms with E-state index in [1.807, 2.05) is 39.0 Å². The molecule has 0 aliphatic heterocycles. The SMILES string of the molecule is CCCCNS(=O)(=O)c1cccc(C(=O)Nc2cccc(C)c2C)c1. The van der Waals surface area contributed by atoms with Gasteiger partial charge in [-0.1, -0.05) is 31.5 Å². The van der Waals surface area contributed by atoms with Crippen LogP contribution in [0.15, 0.2) is 47.4 Å². The number of anilines is 1. The van der Waals surface area contributed by atoms with E-state index in [1.54, 1.807) is 12.1 Å². The number of hydrogen-bond acceptors (Lipinski definition) is 3. The monoisotopic (exact) mass is 360 g/mol. The fraction of sp³-hybridized carbons (Fsp3) is 0.316. The number of sulfonamides is 1. The lowest BCUT2D eigenvalue weighted by Crippen LogP contribution is -2.25. The quantitative estimate of drug-likeness (QED) is 0.740. The third-order valence-electron chi connectivity index (χ3n) is 4.08. The first-order valence-electron chi connectivity index (χ1n) is 8.32. The molecular formula is C19H24N2O3S. The van der Waals surface area contributed by atoms with Crippen LogP contribution in [0.25, 0.3) is 0 Å². The maximum atomic E-state index is 12.5. The van der Waals surface area contributed by atoms with Crippen molar-refractivity contribution in [3.8, 4) is 0 Å². The molecule has 2 rings (SSSR count). The van der Waals surface area contributed by atoms with Crippen molar-refractivity contribution in [2.75, 3.05) is 11.9 Å². The molecule has 0 heterocycles. The first kappa shape index (κ1) is 19.1. The molecule has 25 heavy (non-hydrogen) atoms. The van der Waals surface area contributed by atoms with Gasteiger partial charge < -0.3 is 5.32 Å². The number of rotatable bonds is 7. The van der Waals surface area contributed by atoms with Gasteiger partial charge in [0.25, 0.3) is 5.91 Å². The Morgan fingerprint density at radius 1 is 1.08 bits per heavy atom. The molecule has 0 atom stereocenters. The molecule has 0 aliphatic rings. The van der Waals surface area contributed by atoms with E-state index >= 15 is 0 Å². The van der Waals surface area contributed by atoms with Crippen LogP contribution < -0.4 is 10.0 Å². The zero-order valence-corrected chi connectivity index (χ0v) is 15.6. The summed E-state index contributed by atoms with van der Waals surface area (Å²) in [5, 5.41) is 2.84. The minimum Gasteiger partial charge on any atom is -0.322 e. The Kier molecular flexibility index (Phi) is 6.33. The Morgan fingerprint density at radius 3 is 2.52 bits per heavy atom. The van der Waals surface area contributed by atoms with Gasteiger partial charge in [0.05, 0.1) is 4.90 Å². The van der Waals surface area contributed by atoms with Crippen molar-refractivity contribution in [1.82, 2.24) is 4.72 Å². The first-order chi connectivity index (χ1) is 11.8. The number of unbranched alkanes of at least 4 members (excludes halogenated alkanes) is 1. The van der Waals surface area contributed by atoms with Gasteiger partial charge in [0.1, 0.15) is 0 Å². The molecule has 2 N–H and O–H groups in total. The van der Waals surface area contributed by atoms with Gasteiger partial charge in [0.2, 0.25) is 10.0 Å². The van der Waals surface area contributed by atoms with Crippen LogP contribution in [0.3, 0.4) is 0 Å². The molecule has 0 saturated heterocycles. The average molecular weight is 360 g/mol. The zero-order chi connectivity index (χ0) is 18.4. The number of benzene rings is 2. The molecule has 0 radical (unpaired) electrons. The minimum absolute atomic E-state index is 0.0946. The van der Waals surface area contributed by atoms with E-state index in [2.05, 4.69) is 10.0 Å². The van der Waals surface area contributed by atoms with E-state index in [1.165, 1.54) is 12.1 Å². The number of aryl methyl sites for hydroxylation is 1. The molecule has 0 fully saturated rings. The minimum atomic E-state index is -3.61. The number of amides is 1. The summed E-state index contributed by atoms with van der Waals surface area (Å²) < 4.78 is 27.1. The lowest BCUT2D eigenvalue weighted by molar-refractivity contribution is 0.102. The topological polar surface area (TPSA) is 75.3 Å². The van der Waals surface area contributed by atoms with Gasteiger partial charge in [-0.25, -0.2) is 13.1 Å². The van der Waals surface area contributed by atoms with Crippen LogP contribution in [0.1, 0.15) is 41.3 Å². The fourth-order valence-electron chi connectivity index (χ4n) is 2.35. The van der Waals surface area contributed by atoms with Crippen molar-refractivity contribution in [2.45, 2.75) is 38.5 Å². The van der Waals surface area contributed by atoms with Gasteiger partial charge in [0, 0.05) is 17.8 Å². The summed E-state index contributed by atoms with van der Waals surface area (Å²) in [4.78, 5) is 12.6. The Morgan fingerprint density at radius 2 is 1.80 bits per heavy atom. The standard InChI is InChI=1S/C19H24N2O3S/c1-4-5-12-20-25(23,24)17-10-7-9-16(13-17)19(22)21-18-11-6-8-14(2)15(18)3/h6-11,13,20H,4-5,12H2,1-3H3,(H,21,22). The van der Waals surface area contributed by atoms with Crippen LogP contribution in [0.5, 0.6) is 0 Å². The number of hydrogen-bond donors (Lipinski definition) is 2. The Balaban J connectivity index is 2.20. The van der Waals surface area contributed by atoms with Crippen molar-refractivity contribution >= 4 is 21.6 Å². The lowest BCUT2D eigenvalue weighted by Gasteiger charge is -2.11. The summed E-state index contributed by atoms with van der Waals surface area (Å²) in [5.74, 6) is -0.334. The molecule has 2 aromatic rings. The lowest BCUT2D eigenvalue weighted by atomic mass is 10.1. The smallest absolute Gasteiger partial charge is 0.255 e. The van der Waals surface area contributed by atoms with Gasteiger partial charge in [-0.2, -0.15) is 0 Å². The molecule has 1 amide bonds. The molecular weight excluding hydrogens is 336 g/mol. The molecule has 0 saturated carbocycles. The number of carbonyl (C=O) groups excluding carboxylic acids is 1. The van der Waals surface area contributed by atoms with Crippen LogP contribution >= 0.6 is 0 Å². The summed E-state index contributed by atoms with van der Waals surface area (Å²) in [5.41, 5.74) is 3.09. The van der Waals surface area contributed by atoms with Crippen molar-refractivity contribution in [3.63, 3.8) is 0 Å². The second-order valence-corrected chi connectivity index (χ2v) is 7.75. The van der Waals surface area contributed by atoms with E-state index < -0.39 is 10.0 Å². The van der Waals surface area contributed by atoms with E-state index in [9.17, 15) is 13.2 Å². The molecule has 0 aromatic heterocycles. The summed E-state index contributed by atoms with van der Waals surface area (Å²) in [6.45, 7) is 6.29. The Hall–Kier alpha value is -2.18. The predicted octanol–water partition coefficient (Wildman–Crippen LogP) is 3.63. The van der Waals surface area contributed by atoms with E-state index in [0.29, 0.717) is 12.1 Å². The van der Waals surface area contributed by atoms with Gasteiger partial charge in [0.15, 0.2) is 0 Å². The highest BCUT2D eigenvalue weighted by Gasteiger charge is 2.16. The van der Waals surface area contributed by atoms with Gasteiger partial charge in [-0.15, -0.1) is 0 Å². The highest BCUT2D eigenvalue weighted by molar-refractivity contribution is 7.89. The molecule has 2 aromatic carbocycles. The van der Waals surface area contributed by atoms with E-state index in [-0.39, 0.29) is 10.8 Å². The first-order valence-corrected chi connectivity index (χ1v) is 9.80. The highest BCUT2D eigenvalue weighted by atomic mass is 32.2. The summed E-state index contributed by atoms with van der Waals surface area (Å²) in [6, 6.07) is 11.7. The molecule has 0 spiro atoms. The van der Waals surface area contributed by atoms with Crippen molar-refractivity contribution in [3.05, 3.63) is 59.2 Å². The molecule has 5 nitrogen and oxygen atoms in total. The van der Waals surface area contributed by atoms with Crippen molar-refractivity contribution in [1.29, 1.82) is 0 Å². The van der Waals surface area contributed by atoms with Crippen molar-refractivity contribution in [2.24, 2.45) is 0 Å². The molecule has 6 heteroatoms. The molecule has 134 valence electrons. The molecule has 0 aliphatic carbocycles.